The number of aryl methyl sites for hydroxylation is 1. The van der Waals surface area contributed by atoms with E-state index in [2.05, 4.69) is 0 Å². The molecule has 2 heteroatoms. The number of benzene rings is 1. The van der Waals surface area contributed by atoms with Crippen LogP contribution >= 0.6 is 0 Å². The molecule has 0 aliphatic carbocycles. The highest BCUT2D eigenvalue weighted by Crippen LogP contribution is 2.13. The maximum absolute atomic E-state index is 9.07. The second-order valence-corrected chi connectivity index (χ2v) is 2.38. The van der Waals surface area contributed by atoms with Crippen molar-refractivity contribution in [1.29, 1.82) is 0 Å². The first-order valence-corrected chi connectivity index (χ1v) is 3.22. The van der Waals surface area contributed by atoms with Crippen molar-refractivity contribution in [2.24, 2.45) is 5.73 Å². The predicted molar refractivity (Wildman–Crippen MR) is 40.7 cm³/mol. The van der Waals surface area contributed by atoms with Crippen LogP contribution in [0.1, 0.15) is 11.1 Å². The van der Waals surface area contributed by atoms with Crippen LogP contribution < -0.4 is 5.73 Å². The lowest BCUT2D eigenvalue weighted by Gasteiger charge is -1.99. The largest absolute Gasteiger partial charge is 0.508 e. The zero-order chi connectivity index (χ0) is 7.56. The highest BCUT2D eigenvalue weighted by molar-refractivity contribution is 5.32. The molecule has 0 radical (unpaired) electrons. The number of rotatable bonds is 1. The van der Waals surface area contributed by atoms with Crippen LogP contribution in [-0.4, -0.2) is 5.11 Å². The molecular weight excluding hydrogens is 126 g/mol. The summed E-state index contributed by atoms with van der Waals surface area (Å²) >= 11 is 0. The topological polar surface area (TPSA) is 46.2 Å². The van der Waals surface area contributed by atoms with E-state index in [-0.39, 0.29) is 0 Å². The predicted octanol–water partition coefficient (Wildman–Crippen LogP) is 1.16. The van der Waals surface area contributed by atoms with Gasteiger partial charge in [0, 0.05) is 6.54 Å². The van der Waals surface area contributed by atoms with Crippen molar-refractivity contribution in [3.05, 3.63) is 29.3 Å². The number of nitrogens with two attached hydrogens (primary N) is 1. The second kappa shape index (κ2) is 2.71. The Bertz CT molecular complexity index is 212. The van der Waals surface area contributed by atoms with E-state index in [0.717, 1.165) is 11.1 Å². The summed E-state index contributed by atoms with van der Waals surface area (Å²) in [6.45, 7) is 2.41. The summed E-state index contributed by atoms with van der Waals surface area (Å²) in [5.41, 5.74) is 7.39. The van der Waals surface area contributed by atoms with Crippen molar-refractivity contribution >= 4 is 0 Å². The third-order valence-corrected chi connectivity index (χ3v) is 1.36. The summed E-state index contributed by atoms with van der Waals surface area (Å²) in [5.74, 6) is 0.292. The van der Waals surface area contributed by atoms with Gasteiger partial charge in [-0.1, -0.05) is 6.07 Å². The molecule has 1 rings (SSSR count). The molecule has 0 aliphatic rings. The summed E-state index contributed by atoms with van der Waals surface area (Å²) in [7, 11) is 0. The lowest BCUT2D eigenvalue weighted by atomic mass is 10.1. The normalized spacial score (nSPS) is 9.80. The van der Waals surface area contributed by atoms with Gasteiger partial charge in [0.05, 0.1) is 0 Å². The lowest BCUT2D eigenvalue weighted by Crippen LogP contribution is -1.95. The fourth-order valence-electron chi connectivity index (χ4n) is 0.958. The van der Waals surface area contributed by atoms with E-state index in [4.69, 9.17) is 10.8 Å². The van der Waals surface area contributed by atoms with Gasteiger partial charge in [-0.2, -0.15) is 0 Å². The highest BCUT2D eigenvalue weighted by Gasteiger charge is 1.93. The third kappa shape index (κ3) is 1.48. The van der Waals surface area contributed by atoms with Gasteiger partial charge < -0.3 is 10.8 Å². The van der Waals surface area contributed by atoms with E-state index in [1.54, 1.807) is 12.1 Å². The minimum absolute atomic E-state index is 0.292. The molecule has 10 heavy (non-hydrogen) atoms. The molecule has 3 N–H and O–H groups in total. The summed E-state index contributed by atoms with van der Waals surface area (Å²) < 4.78 is 0. The van der Waals surface area contributed by atoms with Crippen LogP contribution in [0.4, 0.5) is 0 Å². The fraction of sp³-hybridized carbons (Fsp3) is 0.250. The van der Waals surface area contributed by atoms with E-state index < -0.39 is 0 Å². The third-order valence-electron chi connectivity index (χ3n) is 1.36. The van der Waals surface area contributed by atoms with Gasteiger partial charge >= 0.3 is 0 Å². The Morgan fingerprint density at radius 1 is 1.40 bits per heavy atom. The van der Waals surface area contributed by atoms with E-state index in [9.17, 15) is 0 Å². The monoisotopic (exact) mass is 137 g/mol. The molecule has 0 spiro atoms. The Morgan fingerprint density at radius 2 is 2.10 bits per heavy atom. The van der Waals surface area contributed by atoms with Gasteiger partial charge in [0.15, 0.2) is 0 Å². The Hall–Kier alpha value is -1.02. The Morgan fingerprint density at radius 3 is 2.60 bits per heavy atom. The number of aromatic hydroxyl groups is 1. The van der Waals surface area contributed by atoms with Gasteiger partial charge in [0.2, 0.25) is 0 Å². The van der Waals surface area contributed by atoms with Crippen molar-refractivity contribution in [2.75, 3.05) is 0 Å². The number of hydrogen-bond acceptors (Lipinski definition) is 2. The zero-order valence-corrected chi connectivity index (χ0v) is 5.96. The SMILES string of the molecule is Cc1cc(O)cc(CN)c1. The molecule has 0 amide bonds. The van der Waals surface area contributed by atoms with Gasteiger partial charge in [-0.05, 0) is 30.2 Å². The Labute approximate surface area is 60.3 Å². The van der Waals surface area contributed by atoms with E-state index in [1.807, 2.05) is 13.0 Å². The van der Waals surface area contributed by atoms with Gasteiger partial charge in [-0.3, -0.25) is 0 Å². The van der Waals surface area contributed by atoms with Crippen LogP contribution in [0.3, 0.4) is 0 Å². The molecular formula is C8H11NO. The minimum atomic E-state index is 0.292. The van der Waals surface area contributed by atoms with E-state index in [1.165, 1.54) is 0 Å². The molecule has 0 aromatic heterocycles. The Balaban J connectivity index is 3.06. The van der Waals surface area contributed by atoms with Crippen molar-refractivity contribution in [3.63, 3.8) is 0 Å². The first-order chi connectivity index (χ1) is 4.72. The highest BCUT2D eigenvalue weighted by atomic mass is 16.3. The van der Waals surface area contributed by atoms with Gasteiger partial charge in [0.1, 0.15) is 5.75 Å². The van der Waals surface area contributed by atoms with Crippen molar-refractivity contribution in [1.82, 2.24) is 0 Å². The second-order valence-electron chi connectivity index (χ2n) is 2.38. The zero-order valence-electron chi connectivity index (χ0n) is 5.96. The maximum atomic E-state index is 9.07. The van der Waals surface area contributed by atoms with Crippen LogP contribution in [0, 0.1) is 6.92 Å². The summed E-state index contributed by atoms with van der Waals surface area (Å²) in [6.07, 6.45) is 0. The molecule has 0 saturated carbocycles. The van der Waals surface area contributed by atoms with Gasteiger partial charge in [-0.25, -0.2) is 0 Å². The first kappa shape index (κ1) is 7.09. The molecule has 0 bridgehead atoms. The molecule has 0 saturated heterocycles. The summed E-state index contributed by atoms with van der Waals surface area (Å²) in [6, 6.07) is 5.34. The van der Waals surface area contributed by atoms with Crippen LogP contribution in [0.15, 0.2) is 18.2 Å². The molecule has 2 nitrogen and oxygen atoms in total. The average molecular weight is 137 g/mol. The maximum Gasteiger partial charge on any atom is 0.116 e. The number of phenolic OH excluding ortho intramolecular Hbond substituents is 1. The molecule has 1 aromatic rings. The molecule has 0 fully saturated rings. The summed E-state index contributed by atoms with van der Waals surface area (Å²) in [4.78, 5) is 0. The molecule has 0 heterocycles. The molecule has 54 valence electrons. The number of hydrogen-bond donors (Lipinski definition) is 2. The summed E-state index contributed by atoms with van der Waals surface area (Å²) in [5, 5.41) is 9.07. The Kier molecular flexibility index (Phi) is 1.92. The van der Waals surface area contributed by atoms with Crippen LogP contribution in [0.2, 0.25) is 0 Å². The lowest BCUT2D eigenvalue weighted by molar-refractivity contribution is 0.474. The number of phenols is 1. The molecule has 0 unspecified atom stereocenters. The average Bonchev–Trinajstić information content (AvgIpc) is 1.85. The van der Waals surface area contributed by atoms with E-state index >= 15 is 0 Å². The minimum Gasteiger partial charge on any atom is -0.508 e. The quantitative estimate of drug-likeness (QED) is 0.610. The molecule has 0 atom stereocenters. The molecule has 1 aromatic carbocycles. The van der Waals surface area contributed by atoms with Crippen LogP contribution in [-0.2, 0) is 6.54 Å². The first-order valence-electron chi connectivity index (χ1n) is 3.22. The van der Waals surface area contributed by atoms with Gasteiger partial charge in [-0.15, -0.1) is 0 Å². The van der Waals surface area contributed by atoms with Crippen molar-refractivity contribution < 1.29 is 5.11 Å². The van der Waals surface area contributed by atoms with E-state index in [0.29, 0.717) is 12.3 Å². The van der Waals surface area contributed by atoms with Crippen molar-refractivity contribution in [2.45, 2.75) is 13.5 Å². The standard InChI is InChI=1S/C8H11NO/c1-6-2-7(5-9)4-8(10)3-6/h2-4,10H,5,9H2,1H3. The van der Waals surface area contributed by atoms with Crippen molar-refractivity contribution in [3.8, 4) is 5.75 Å². The van der Waals surface area contributed by atoms with Gasteiger partial charge in [0.25, 0.3) is 0 Å². The fourth-order valence-corrected chi connectivity index (χ4v) is 0.958. The van der Waals surface area contributed by atoms with Crippen LogP contribution in [0.25, 0.3) is 0 Å². The smallest absolute Gasteiger partial charge is 0.116 e. The van der Waals surface area contributed by atoms with Crippen LogP contribution in [0.5, 0.6) is 5.75 Å². The molecule has 0 aliphatic heterocycles.